The molecule has 0 amide bonds. The SMILES string of the molecule is COC(=O)CCn1cc([N+](=O)[O-])c(C)c(Br)c1=O. The molecule has 98 valence electrons. The molecule has 0 N–H and O–H groups in total. The maximum Gasteiger partial charge on any atom is 0.307 e. The Balaban J connectivity index is 3.17. The van der Waals surface area contributed by atoms with E-state index in [2.05, 4.69) is 20.7 Å². The Bertz CT molecular complexity index is 552. The summed E-state index contributed by atoms with van der Waals surface area (Å²) in [6.45, 7) is 1.51. The summed E-state index contributed by atoms with van der Waals surface area (Å²) in [5.74, 6) is -0.485. The number of nitro groups is 1. The van der Waals surface area contributed by atoms with Gasteiger partial charge in [-0.1, -0.05) is 0 Å². The van der Waals surface area contributed by atoms with E-state index in [-0.39, 0.29) is 28.7 Å². The molecule has 0 aromatic carbocycles. The highest BCUT2D eigenvalue weighted by atomic mass is 79.9. The van der Waals surface area contributed by atoms with E-state index in [1.807, 2.05) is 0 Å². The molecular weight excluding hydrogens is 308 g/mol. The molecule has 18 heavy (non-hydrogen) atoms. The number of hydrogen-bond donors (Lipinski definition) is 0. The molecule has 0 aliphatic rings. The summed E-state index contributed by atoms with van der Waals surface area (Å²) in [5, 5.41) is 10.8. The van der Waals surface area contributed by atoms with Crippen molar-refractivity contribution in [2.24, 2.45) is 0 Å². The lowest BCUT2D eigenvalue weighted by Crippen LogP contribution is -2.23. The Hall–Kier alpha value is -1.70. The predicted molar refractivity (Wildman–Crippen MR) is 66.4 cm³/mol. The van der Waals surface area contributed by atoms with E-state index in [4.69, 9.17) is 0 Å². The molecule has 0 aliphatic heterocycles. The predicted octanol–water partition coefficient (Wildman–Crippen LogP) is 1.39. The van der Waals surface area contributed by atoms with Crippen LogP contribution in [0.4, 0.5) is 5.69 Å². The number of carbonyl (C=O) groups is 1. The second-order valence-electron chi connectivity index (χ2n) is 3.54. The van der Waals surface area contributed by atoms with Gasteiger partial charge in [-0.05, 0) is 22.9 Å². The topological polar surface area (TPSA) is 91.4 Å². The van der Waals surface area contributed by atoms with Gasteiger partial charge in [0, 0.05) is 12.1 Å². The van der Waals surface area contributed by atoms with Crippen molar-refractivity contribution < 1.29 is 14.5 Å². The first-order valence-electron chi connectivity index (χ1n) is 4.99. The van der Waals surface area contributed by atoms with Crippen LogP contribution in [0.2, 0.25) is 0 Å². The van der Waals surface area contributed by atoms with E-state index in [1.165, 1.54) is 14.0 Å². The van der Waals surface area contributed by atoms with Crippen LogP contribution in [0.3, 0.4) is 0 Å². The molecule has 1 rings (SSSR count). The zero-order chi connectivity index (χ0) is 13.9. The Kier molecular flexibility index (Phi) is 4.60. The zero-order valence-electron chi connectivity index (χ0n) is 9.81. The Morgan fingerprint density at radius 3 is 2.72 bits per heavy atom. The molecule has 0 fully saturated rings. The van der Waals surface area contributed by atoms with Crippen LogP contribution < -0.4 is 5.56 Å². The van der Waals surface area contributed by atoms with Crippen LogP contribution in [0, 0.1) is 17.0 Å². The number of ether oxygens (including phenoxy) is 1. The summed E-state index contributed by atoms with van der Waals surface area (Å²) in [7, 11) is 1.23. The molecule has 0 unspecified atom stereocenters. The van der Waals surface area contributed by atoms with Crippen LogP contribution >= 0.6 is 15.9 Å². The fraction of sp³-hybridized carbons (Fsp3) is 0.400. The Labute approximate surface area is 111 Å². The van der Waals surface area contributed by atoms with Crippen LogP contribution in [-0.4, -0.2) is 22.6 Å². The number of halogens is 1. The molecule has 1 aromatic rings. The average molecular weight is 319 g/mol. The van der Waals surface area contributed by atoms with E-state index in [0.717, 1.165) is 10.8 Å². The average Bonchev–Trinajstić information content (AvgIpc) is 2.34. The van der Waals surface area contributed by atoms with Crippen molar-refractivity contribution in [2.75, 3.05) is 7.11 Å². The maximum atomic E-state index is 11.8. The fourth-order valence-corrected chi connectivity index (χ4v) is 1.80. The van der Waals surface area contributed by atoms with Crippen LogP contribution in [0.25, 0.3) is 0 Å². The summed E-state index contributed by atoms with van der Waals surface area (Å²) < 4.78 is 5.69. The largest absolute Gasteiger partial charge is 0.469 e. The highest BCUT2D eigenvalue weighted by Crippen LogP contribution is 2.22. The van der Waals surface area contributed by atoms with Gasteiger partial charge in [0.25, 0.3) is 11.2 Å². The molecule has 7 nitrogen and oxygen atoms in total. The highest BCUT2D eigenvalue weighted by Gasteiger charge is 2.18. The van der Waals surface area contributed by atoms with E-state index >= 15 is 0 Å². The third-order valence-electron chi connectivity index (χ3n) is 2.42. The Morgan fingerprint density at radius 1 is 1.61 bits per heavy atom. The second kappa shape index (κ2) is 5.76. The molecule has 0 bridgehead atoms. The van der Waals surface area contributed by atoms with Gasteiger partial charge >= 0.3 is 5.97 Å². The normalized spacial score (nSPS) is 10.2. The van der Waals surface area contributed by atoms with Crippen molar-refractivity contribution >= 4 is 27.6 Å². The Morgan fingerprint density at radius 2 is 2.22 bits per heavy atom. The van der Waals surface area contributed by atoms with E-state index in [9.17, 15) is 19.7 Å². The van der Waals surface area contributed by atoms with Crippen LogP contribution in [0.15, 0.2) is 15.5 Å². The lowest BCUT2D eigenvalue weighted by molar-refractivity contribution is -0.386. The molecule has 8 heteroatoms. The zero-order valence-corrected chi connectivity index (χ0v) is 11.4. The van der Waals surface area contributed by atoms with Gasteiger partial charge in [-0.15, -0.1) is 0 Å². The number of aromatic nitrogens is 1. The van der Waals surface area contributed by atoms with Crippen LogP contribution in [-0.2, 0) is 16.1 Å². The molecule has 1 aromatic heterocycles. The first-order valence-corrected chi connectivity index (χ1v) is 5.78. The number of rotatable bonds is 4. The maximum absolute atomic E-state index is 11.8. The summed E-state index contributed by atoms with van der Waals surface area (Å²) in [5.41, 5.74) is -0.326. The van der Waals surface area contributed by atoms with Crippen molar-refractivity contribution in [3.05, 3.63) is 36.7 Å². The van der Waals surface area contributed by atoms with Gasteiger partial charge in [0.05, 0.1) is 29.1 Å². The van der Waals surface area contributed by atoms with Crippen molar-refractivity contribution in [1.29, 1.82) is 0 Å². The lowest BCUT2D eigenvalue weighted by atomic mass is 10.2. The van der Waals surface area contributed by atoms with Crippen molar-refractivity contribution in [3.8, 4) is 0 Å². The molecule has 0 atom stereocenters. The minimum Gasteiger partial charge on any atom is -0.469 e. The number of pyridine rings is 1. The van der Waals surface area contributed by atoms with Crippen molar-refractivity contribution in [3.63, 3.8) is 0 Å². The summed E-state index contributed by atoms with van der Waals surface area (Å²) in [6.07, 6.45) is 1.11. The molecule has 1 heterocycles. The highest BCUT2D eigenvalue weighted by molar-refractivity contribution is 9.10. The lowest BCUT2D eigenvalue weighted by Gasteiger charge is -2.07. The third kappa shape index (κ3) is 2.95. The molecule has 0 saturated heterocycles. The quantitative estimate of drug-likeness (QED) is 0.475. The molecular formula is C10H11BrN2O5. The van der Waals surface area contributed by atoms with Crippen LogP contribution in [0.1, 0.15) is 12.0 Å². The molecule has 0 aliphatic carbocycles. The van der Waals surface area contributed by atoms with Crippen molar-refractivity contribution in [1.82, 2.24) is 4.57 Å². The minimum absolute atomic E-state index is 0.0247. The monoisotopic (exact) mass is 318 g/mol. The van der Waals surface area contributed by atoms with Gasteiger partial charge in [0.15, 0.2) is 0 Å². The summed E-state index contributed by atoms with van der Waals surface area (Å²) in [4.78, 5) is 33.0. The van der Waals surface area contributed by atoms with E-state index in [1.54, 1.807) is 0 Å². The summed E-state index contributed by atoms with van der Waals surface area (Å²) >= 11 is 3.02. The molecule has 0 saturated carbocycles. The van der Waals surface area contributed by atoms with E-state index in [0.29, 0.717) is 0 Å². The minimum atomic E-state index is -0.575. The number of esters is 1. The first-order chi connectivity index (χ1) is 8.38. The van der Waals surface area contributed by atoms with Gasteiger partial charge in [-0.25, -0.2) is 0 Å². The molecule has 0 spiro atoms. The number of nitrogens with zero attached hydrogens (tertiary/aromatic N) is 2. The van der Waals surface area contributed by atoms with Gasteiger partial charge in [0.1, 0.15) is 0 Å². The van der Waals surface area contributed by atoms with Crippen LogP contribution in [0.5, 0.6) is 0 Å². The smallest absolute Gasteiger partial charge is 0.307 e. The third-order valence-corrected chi connectivity index (χ3v) is 3.36. The van der Waals surface area contributed by atoms with Gasteiger partial charge in [0.2, 0.25) is 0 Å². The van der Waals surface area contributed by atoms with E-state index < -0.39 is 16.5 Å². The van der Waals surface area contributed by atoms with Gasteiger partial charge < -0.3 is 9.30 Å². The van der Waals surface area contributed by atoms with Gasteiger partial charge in [-0.2, -0.15) is 0 Å². The number of carbonyl (C=O) groups excluding carboxylic acids is 1. The molecule has 0 radical (unpaired) electrons. The summed E-state index contributed by atoms with van der Waals surface area (Å²) in [6, 6.07) is 0. The number of aryl methyl sites for hydroxylation is 1. The standard InChI is InChI=1S/C10H11BrN2O5/c1-6-7(13(16)17)5-12(10(15)9(6)11)4-3-8(14)18-2/h5H,3-4H2,1-2H3. The fourth-order valence-electron chi connectivity index (χ4n) is 1.37. The second-order valence-corrected chi connectivity index (χ2v) is 4.33. The van der Waals surface area contributed by atoms with Gasteiger partial charge in [-0.3, -0.25) is 19.7 Å². The number of hydrogen-bond acceptors (Lipinski definition) is 5. The van der Waals surface area contributed by atoms with Crippen molar-refractivity contribution in [2.45, 2.75) is 19.9 Å². The number of methoxy groups -OCH3 is 1. The first kappa shape index (κ1) is 14.4.